The molecule has 79 heavy (non-hydrogen) atoms. The largest absolute Gasteiger partial charge is 0.550 e. The number of hydrogen-bond donors (Lipinski definition) is 1. The fourth-order valence-corrected chi connectivity index (χ4v) is 16.5. The Morgan fingerprint density at radius 1 is 0.304 bits per heavy atom. The minimum atomic E-state index is -1.29. The first-order valence-electron chi connectivity index (χ1n) is 26.6. The number of carboxylic acids is 3. The molecule has 3 unspecified atom stereocenters. The average Bonchev–Trinajstić information content (AvgIpc) is 3.69. The van der Waals surface area contributed by atoms with Gasteiger partial charge < -0.3 is 24.9 Å². The molecule has 1 N–H and O–H groups in total. The van der Waals surface area contributed by atoms with Gasteiger partial charge in [-0.25, -0.2) is 0 Å². The first-order valence-corrected chi connectivity index (χ1v) is 29.0. The van der Waals surface area contributed by atoms with Gasteiger partial charge >= 0.3 is 5.97 Å². The number of hydrogen-bond acceptors (Lipinski definition) is 5. The Morgan fingerprint density at radius 2 is 0.532 bits per heavy atom. The van der Waals surface area contributed by atoms with Crippen LogP contribution < -0.4 is 10.2 Å². The maximum atomic E-state index is 11.8. The summed E-state index contributed by atoms with van der Waals surface area (Å²) in [5.41, 5.74) is 8.62. The second kappa shape index (κ2) is 23.9. The summed E-state index contributed by atoms with van der Waals surface area (Å²) >= 11 is 0. The van der Waals surface area contributed by atoms with Crippen molar-refractivity contribution in [3.8, 4) is 0 Å². The molecule has 4 bridgehead atoms. The number of carbonyl (C=O) groups is 3. The zero-order valence-electron chi connectivity index (χ0n) is 43.1. The van der Waals surface area contributed by atoms with Gasteiger partial charge in [-0.1, -0.05) is 206 Å². The number of aliphatic carboxylic acids is 3. The molecule has 388 valence electrons. The predicted octanol–water partition coefficient (Wildman–Crippen LogP) is 12.9. The number of fused-ring (bicyclic) bond motifs is 2. The molecule has 10 aromatic rings. The molecular formula is C71H56O6S2. The molecule has 0 aromatic heterocycles. The second-order valence-electron chi connectivity index (χ2n) is 19.9. The topological polar surface area (TPSA) is 118 Å². The van der Waals surface area contributed by atoms with Gasteiger partial charge in [0.25, 0.3) is 0 Å². The lowest BCUT2D eigenvalue weighted by molar-refractivity contribution is -0.315. The Labute approximate surface area is 467 Å². The van der Waals surface area contributed by atoms with Gasteiger partial charge in [-0.15, -0.1) is 0 Å². The van der Waals surface area contributed by atoms with Crippen molar-refractivity contribution in [3.63, 3.8) is 0 Å². The Kier molecular flexibility index (Phi) is 15.8. The van der Waals surface area contributed by atoms with Gasteiger partial charge in [0.15, 0.2) is 29.4 Å². The molecular weight excluding hydrogens is 1010 g/mol. The van der Waals surface area contributed by atoms with Crippen LogP contribution in [0.4, 0.5) is 0 Å². The average molecular weight is 1070 g/mol. The fourth-order valence-electron chi connectivity index (χ4n) is 12.3. The molecule has 10 aromatic carbocycles. The standard InChI is InChI=1S/C18H14O4.2C18H15S.C17H14O2/c19-17(20)15-13-9-5-1-2-6-10(9)14(16(15)18(21)22)12-8-4-3-7-11(12)13;2*1-4-10-16(11-5-1)19(17-12-6-2-7-13-17)18-14-8-3-9-15-18;18-17(19)15-9-14-10-5-1-3-7-12(10)16(15)13-8-4-2-6-11(13)14/h1-8,13-16H,(H,19,20)(H,21,22);2*1-15H;1-8,14-16H,9H2,(H,18,19)/q;2*+1;/p-2. The van der Waals surface area contributed by atoms with E-state index in [2.05, 4.69) is 206 Å². The molecule has 0 amide bonds. The number of carboxylic acid groups (broad SMARTS) is 3. The highest BCUT2D eigenvalue weighted by molar-refractivity contribution is 7.97. The van der Waals surface area contributed by atoms with Gasteiger partial charge in [0, 0.05) is 47.4 Å². The summed E-state index contributed by atoms with van der Waals surface area (Å²) in [6, 6.07) is 95.9. The van der Waals surface area contributed by atoms with Crippen molar-refractivity contribution in [2.45, 2.75) is 59.5 Å². The van der Waals surface area contributed by atoms with Gasteiger partial charge in [0.1, 0.15) is 0 Å². The van der Waals surface area contributed by atoms with Crippen LogP contribution in [0.15, 0.2) is 308 Å². The van der Waals surface area contributed by atoms with Gasteiger partial charge in [-0.2, -0.15) is 0 Å². The van der Waals surface area contributed by atoms with E-state index in [9.17, 15) is 29.7 Å². The smallest absolute Gasteiger partial charge is 0.308 e. The van der Waals surface area contributed by atoms with Crippen molar-refractivity contribution in [2.24, 2.45) is 17.8 Å². The van der Waals surface area contributed by atoms with E-state index in [4.69, 9.17) is 0 Å². The van der Waals surface area contributed by atoms with E-state index in [1.165, 1.54) is 51.6 Å². The SMILES string of the molecule is O=C([O-])C1C2c3ccccc3C(c3ccccc32)C1C(=O)O.O=C([O-])C1CC2c3ccccc3C1c1ccccc12.c1ccc([S+](c2ccccc2)c2ccccc2)cc1.c1ccc([S+](c2ccccc2)c2ccccc2)cc1. The van der Waals surface area contributed by atoms with Gasteiger partial charge in [-0.3, -0.25) is 4.79 Å². The van der Waals surface area contributed by atoms with E-state index in [1.54, 1.807) is 0 Å². The van der Waals surface area contributed by atoms with Crippen molar-refractivity contribution in [1.29, 1.82) is 0 Å². The summed E-state index contributed by atoms with van der Waals surface area (Å²) in [5.74, 6) is -6.41. The van der Waals surface area contributed by atoms with Crippen LogP contribution in [0.25, 0.3) is 0 Å². The first kappa shape index (κ1) is 52.4. The van der Waals surface area contributed by atoms with E-state index in [0.717, 1.165) is 22.3 Å². The van der Waals surface area contributed by atoms with Crippen LogP contribution in [0.3, 0.4) is 0 Å². The summed E-state index contributed by atoms with van der Waals surface area (Å²) in [6.45, 7) is 0. The van der Waals surface area contributed by atoms with Crippen LogP contribution in [0.5, 0.6) is 0 Å². The third kappa shape index (κ3) is 10.7. The molecule has 6 nitrogen and oxygen atoms in total. The van der Waals surface area contributed by atoms with Gasteiger partial charge in [0.05, 0.1) is 27.7 Å². The Hall–Kier alpha value is -8.69. The quantitative estimate of drug-likeness (QED) is 0.144. The lowest BCUT2D eigenvalue weighted by atomic mass is 9.54. The predicted molar refractivity (Wildman–Crippen MR) is 309 cm³/mol. The minimum Gasteiger partial charge on any atom is -0.550 e. The second-order valence-corrected chi connectivity index (χ2v) is 23.9. The van der Waals surface area contributed by atoms with Crippen LogP contribution >= 0.6 is 0 Å². The molecule has 3 atom stereocenters. The highest BCUT2D eigenvalue weighted by atomic mass is 32.2. The molecule has 0 spiro atoms. The van der Waals surface area contributed by atoms with Crippen LogP contribution in [0.2, 0.25) is 0 Å². The molecule has 0 radical (unpaired) electrons. The summed E-state index contributed by atoms with van der Waals surface area (Å²) < 4.78 is 0. The molecule has 0 saturated heterocycles. The Bertz CT molecular complexity index is 3230. The van der Waals surface area contributed by atoms with Crippen LogP contribution in [-0.4, -0.2) is 23.0 Å². The first-order chi connectivity index (χ1) is 38.8. The summed E-state index contributed by atoms with van der Waals surface area (Å²) in [7, 11) is -0.0293. The molecule has 0 heterocycles. The van der Waals surface area contributed by atoms with Crippen molar-refractivity contribution in [2.75, 3.05) is 0 Å². The third-order valence-corrected chi connectivity index (χ3v) is 19.9. The summed E-state index contributed by atoms with van der Waals surface area (Å²) in [5, 5.41) is 32.8. The van der Waals surface area contributed by atoms with Crippen molar-refractivity contribution >= 4 is 39.7 Å². The summed E-state index contributed by atoms with van der Waals surface area (Å²) in [4.78, 5) is 43.1. The van der Waals surface area contributed by atoms with Crippen LogP contribution in [-0.2, 0) is 36.2 Å². The molecule has 16 rings (SSSR count). The van der Waals surface area contributed by atoms with Crippen molar-refractivity contribution in [1.82, 2.24) is 0 Å². The third-order valence-electron chi connectivity index (χ3n) is 15.5. The highest BCUT2D eigenvalue weighted by Gasteiger charge is 2.53. The van der Waals surface area contributed by atoms with Crippen LogP contribution in [0.1, 0.15) is 74.6 Å². The van der Waals surface area contributed by atoms with Crippen LogP contribution in [0, 0.1) is 17.8 Å². The number of benzene rings is 10. The lowest BCUT2D eigenvalue weighted by Crippen LogP contribution is -2.51. The van der Waals surface area contributed by atoms with E-state index >= 15 is 0 Å². The number of carbonyl (C=O) groups excluding carboxylic acids is 2. The Balaban J connectivity index is 0.000000112. The zero-order valence-corrected chi connectivity index (χ0v) is 44.7. The van der Waals surface area contributed by atoms with E-state index < -0.39 is 47.5 Å². The highest BCUT2D eigenvalue weighted by Crippen LogP contribution is 2.58. The number of rotatable bonds is 9. The minimum absolute atomic E-state index is 0.0146. The molecule has 6 aliphatic carbocycles. The summed E-state index contributed by atoms with van der Waals surface area (Å²) in [6.07, 6.45) is 0.668. The Morgan fingerprint density at radius 3 is 0.772 bits per heavy atom. The zero-order chi connectivity index (χ0) is 54.2. The molecule has 0 aliphatic heterocycles. The van der Waals surface area contributed by atoms with E-state index in [1.807, 2.05) is 72.8 Å². The normalized spacial score (nSPS) is 19.2. The van der Waals surface area contributed by atoms with E-state index in [0.29, 0.717) is 6.42 Å². The van der Waals surface area contributed by atoms with Gasteiger partial charge in [-0.05, 0) is 124 Å². The van der Waals surface area contributed by atoms with Crippen molar-refractivity contribution in [3.05, 3.63) is 324 Å². The maximum Gasteiger partial charge on any atom is 0.308 e. The monoisotopic (exact) mass is 1070 g/mol. The van der Waals surface area contributed by atoms with Gasteiger partial charge in [0.2, 0.25) is 0 Å². The molecule has 8 heteroatoms. The maximum absolute atomic E-state index is 11.8. The molecule has 6 aliphatic rings. The lowest BCUT2D eigenvalue weighted by Gasteiger charge is -2.49. The van der Waals surface area contributed by atoms with Crippen molar-refractivity contribution < 1.29 is 29.7 Å². The molecule has 0 saturated carbocycles. The van der Waals surface area contributed by atoms with E-state index in [-0.39, 0.29) is 33.6 Å². The molecule has 0 fully saturated rings. The fraction of sp³-hybridized carbons (Fsp3) is 0.113.